The molecule has 7 nitrogen and oxygen atoms in total. The van der Waals surface area contributed by atoms with E-state index in [1.165, 1.54) is 20.0 Å². The quantitative estimate of drug-likeness (QED) is 0.705. The Bertz CT molecular complexity index is 879. The van der Waals surface area contributed by atoms with Crippen molar-refractivity contribution in [3.05, 3.63) is 33.2 Å². The minimum Gasteiger partial charge on any atom is -0.469 e. The molecule has 1 aromatic heterocycles. The van der Waals surface area contributed by atoms with Crippen LogP contribution in [0.5, 0.6) is 0 Å². The zero-order chi connectivity index (χ0) is 22.5. The van der Waals surface area contributed by atoms with Crippen LogP contribution in [0.25, 0.3) is 0 Å². The number of ether oxygens (including phenoxy) is 2. The third-order valence-corrected chi connectivity index (χ3v) is 7.35. The molecule has 2 aliphatic carbocycles. The van der Waals surface area contributed by atoms with Gasteiger partial charge in [0.2, 0.25) is 0 Å². The van der Waals surface area contributed by atoms with Gasteiger partial charge in [-0.1, -0.05) is 12.8 Å². The van der Waals surface area contributed by atoms with Gasteiger partial charge in [-0.2, -0.15) is 0 Å². The lowest BCUT2D eigenvalue weighted by atomic mass is 9.86. The second-order valence-corrected chi connectivity index (χ2v) is 9.54. The molecule has 3 aliphatic rings. The largest absolute Gasteiger partial charge is 0.469 e. The number of pyridine rings is 1. The molecule has 1 atom stereocenters. The number of aromatic nitrogens is 1. The Balaban J connectivity index is 1.54. The van der Waals surface area contributed by atoms with Gasteiger partial charge in [0.15, 0.2) is 0 Å². The van der Waals surface area contributed by atoms with Crippen molar-refractivity contribution >= 4 is 11.9 Å². The molecule has 0 spiro atoms. The normalized spacial score (nSPS) is 26.0. The molecule has 1 aliphatic heterocycles. The van der Waals surface area contributed by atoms with Crippen molar-refractivity contribution in [3.63, 3.8) is 0 Å². The smallest absolute Gasteiger partial charge is 0.308 e. The number of hydrogen-bond acceptors (Lipinski definition) is 5. The minimum absolute atomic E-state index is 0.0172. The van der Waals surface area contributed by atoms with Crippen LogP contribution < -0.4 is 10.9 Å². The number of nitrogens with one attached hydrogen (secondary N) is 1. The maximum Gasteiger partial charge on any atom is 0.308 e. The van der Waals surface area contributed by atoms with Gasteiger partial charge in [0, 0.05) is 18.3 Å². The molecule has 2 heterocycles. The van der Waals surface area contributed by atoms with Crippen molar-refractivity contribution in [2.75, 3.05) is 13.7 Å². The van der Waals surface area contributed by atoms with E-state index in [0.29, 0.717) is 19.4 Å². The summed E-state index contributed by atoms with van der Waals surface area (Å²) in [7, 11) is 1.41. The van der Waals surface area contributed by atoms with E-state index in [0.717, 1.165) is 69.2 Å². The lowest BCUT2D eigenvalue weighted by Crippen LogP contribution is -2.42. The van der Waals surface area contributed by atoms with Crippen LogP contribution in [-0.2, 0) is 33.7 Å². The lowest BCUT2D eigenvalue weighted by molar-refractivity contribution is -0.146. The van der Waals surface area contributed by atoms with Crippen LogP contribution in [0.4, 0.5) is 0 Å². The van der Waals surface area contributed by atoms with Crippen LogP contribution in [0.15, 0.2) is 10.9 Å². The SMILES string of the molecule is COC(=O)C1CCC(NC(=O)c2cc3c(n(CC4CCCO4)c2=O)CCCCCC3)CC1. The summed E-state index contributed by atoms with van der Waals surface area (Å²) in [6, 6.07) is 1.83. The molecule has 0 aromatic carbocycles. The standard InChI is InChI=1S/C25H36N2O5/c1-31-25(30)17-10-12-19(13-11-17)26-23(28)21-15-18-7-4-2-3-5-9-22(18)27(24(21)29)16-20-8-6-14-32-20/h15,17,19-20H,2-14,16H2,1H3,(H,26,28). The predicted octanol–water partition coefficient (Wildman–Crippen LogP) is 3.15. The van der Waals surface area contributed by atoms with Crippen LogP contribution in [0, 0.1) is 5.92 Å². The number of methoxy groups -OCH3 is 1. The van der Waals surface area contributed by atoms with E-state index in [-0.39, 0.29) is 41.1 Å². The predicted molar refractivity (Wildman–Crippen MR) is 121 cm³/mol. The zero-order valence-corrected chi connectivity index (χ0v) is 19.2. The molecule has 176 valence electrons. The number of hydrogen-bond donors (Lipinski definition) is 1. The number of esters is 1. The average Bonchev–Trinajstić information content (AvgIpc) is 3.29. The highest BCUT2D eigenvalue weighted by atomic mass is 16.5. The van der Waals surface area contributed by atoms with Gasteiger partial charge >= 0.3 is 5.97 Å². The molecule has 4 rings (SSSR count). The zero-order valence-electron chi connectivity index (χ0n) is 19.2. The number of fused-ring (bicyclic) bond motifs is 1. The molecule has 0 bridgehead atoms. The Morgan fingerprint density at radius 1 is 1.06 bits per heavy atom. The van der Waals surface area contributed by atoms with E-state index in [9.17, 15) is 14.4 Å². The maximum atomic E-state index is 13.5. The van der Waals surface area contributed by atoms with Gasteiger partial charge in [-0.05, 0) is 75.8 Å². The summed E-state index contributed by atoms with van der Waals surface area (Å²) in [5.41, 5.74) is 2.29. The Hall–Kier alpha value is -2.15. The summed E-state index contributed by atoms with van der Waals surface area (Å²) >= 11 is 0. The van der Waals surface area contributed by atoms with Gasteiger partial charge in [0.05, 0.1) is 25.7 Å². The third-order valence-electron chi connectivity index (χ3n) is 7.35. The summed E-state index contributed by atoms with van der Waals surface area (Å²) in [4.78, 5) is 38.4. The topological polar surface area (TPSA) is 86.6 Å². The summed E-state index contributed by atoms with van der Waals surface area (Å²) in [6.45, 7) is 1.28. The number of carbonyl (C=O) groups is 2. The Morgan fingerprint density at radius 3 is 2.50 bits per heavy atom. The van der Waals surface area contributed by atoms with E-state index in [2.05, 4.69) is 5.32 Å². The average molecular weight is 445 g/mol. The summed E-state index contributed by atoms with van der Waals surface area (Å²) in [6.07, 6.45) is 11.2. The highest BCUT2D eigenvalue weighted by molar-refractivity contribution is 5.94. The van der Waals surface area contributed by atoms with Crippen molar-refractivity contribution in [2.45, 2.75) is 95.7 Å². The van der Waals surface area contributed by atoms with Crippen molar-refractivity contribution < 1.29 is 19.1 Å². The number of rotatable bonds is 5. The molecule has 1 unspecified atom stereocenters. The Morgan fingerprint density at radius 2 is 1.81 bits per heavy atom. The fraction of sp³-hybridized carbons (Fsp3) is 0.720. The second-order valence-electron chi connectivity index (χ2n) is 9.54. The van der Waals surface area contributed by atoms with Gasteiger partial charge in [-0.15, -0.1) is 0 Å². The van der Waals surface area contributed by atoms with E-state index >= 15 is 0 Å². The highest BCUT2D eigenvalue weighted by Crippen LogP contribution is 2.26. The van der Waals surface area contributed by atoms with E-state index < -0.39 is 0 Å². The van der Waals surface area contributed by atoms with Gasteiger partial charge in [-0.25, -0.2) is 0 Å². The first-order valence-electron chi connectivity index (χ1n) is 12.3. The van der Waals surface area contributed by atoms with Gasteiger partial charge in [-0.3, -0.25) is 14.4 Å². The number of nitrogens with zero attached hydrogens (tertiary/aromatic N) is 1. The Labute approximate surface area is 189 Å². The molecule has 0 radical (unpaired) electrons. The fourth-order valence-corrected chi connectivity index (χ4v) is 5.49. The second kappa shape index (κ2) is 10.6. The van der Waals surface area contributed by atoms with Crippen molar-refractivity contribution in [2.24, 2.45) is 5.92 Å². The van der Waals surface area contributed by atoms with Crippen LogP contribution in [-0.4, -0.2) is 42.3 Å². The Kier molecular flexibility index (Phi) is 7.66. The van der Waals surface area contributed by atoms with Crippen LogP contribution in [0.2, 0.25) is 0 Å². The van der Waals surface area contributed by atoms with Gasteiger partial charge in [0.25, 0.3) is 11.5 Å². The molecule has 1 amide bonds. The van der Waals surface area contributed by atoms with Crippen LogP contribution in [0.3, 0.4) is 0 Å². The maximum absolute atomic E-state index is 13.5. The monoisotopic (exact) mass is 444 g/mol. The lowest BCUT2D eigenvalue weighted by Gasteiger charge is -2.28. The first-order valence-corrected chi connectivity index (χ1v) is 12.3. The molecule has 1 aromatic rings. The first-order chi connectivity index (χ1) is 15.6. The number of amides is 1. The molecular formula is C25H36N2O5. The molecule has 7 heteroatoms. The molecular weight excluding hydrogens is 408 g/mol. The van der Waals surface area contributed by atoms with E-state index in [1.807, 2.05) is 10.6 Å². The van der Waals surface area contributed by atoms with Crippen LogP contribution in [0.1, 0.15) is 85.8 Å². The summed E-state index contributed by atoms with van der Waals surface area (Å²) in [5, 5.41) is 3.07. The molecule has 1 N–H and O–H groups in total. The van der Waals surface area contributed by atoms with Crippen molar-refractivity contribution in [1.82, 2.24) is 9.88 Å². The van der Waals surface area contributed by atoms with Crippen LogP contribution >= 0.6 is 0 Å². The van der Waals surface area contributed by atoms with Gasteiger partial charge < -0.3 is 19.4 Å². The first kappa shape index (κ1) is 23.0. The van der Waals surface area contributed by atoms with E-state index in [1.54, 1.807) is 0 Å². The number of aryl methyl sites for hydroxylation is 1. The molecule has 2 fully saturated rings. The molecule has 32 heavy (non-hydrogen) atoms. The third kappa shape index (κ3) is 5.25. The van der Waals surface area contributed by atoms with Crippen molar-refractivity contribution in [1.29, 1.82) is 0 Å². The van der Waals surface area contributed by atoms with E-state index in [4.69, 9.17) is 9.47 Å². The van der Waals surface area contributed by atoms with Gasteiger partial charge in [0.1, 0.15) is 5.56 Å². The fourth-order valence-electron chi connectivity index (χ4n) is 5.49. The highest BCUT2D eigenvalue weighted by Gasteiger charge is 2.29. The minimum atomic E-state index is -0.289. The van der Waals surface area contributed by atoms with Crippen molar-refractivity contribution in [3.8, 4) is 0 Å². The summed E-state index contributed by atoms with van der Waals surface area (Å²) in [5.74, 6) is -0.552. The molecule has 1 saturated heterocycles. The summed E-state index contributed by atoms with van der Waals surface area (Å²) < 4.78 is 12.5. The molecule has 1 saturated carbocycles. The number of carbonyl (C=O) groups excluding carboxylic acids is 2.